The van der Waals surface area contributed by atoms with E-state index in [1.54, 1.807) is 16.6 Å². The molecule has 0 saturated carbocycles. The number of rotatable bonds is 6. The second kappa shape index (κ2) is 6.91. The first-order chi connectivity index (χ1) is 10.8. The fourth-order valence-corrected chi connectivity index (χ4v) is 2.41. The number of hydrogen-bond acceptors (Lipinski definition) is 4. The van der Waals surface area contributed by atoms with E-state index in [2.05, 4.69) is 10.3 Å². The summed E-state index contributed by atoms with van der Waals surface area (Å²) >= 11 is 0. The van der Waals surface area contributed by atoms with Crippen LogP contribution in [0.4, 0.5) is 0 Å². The van der Waals surface area contributed by atoms with Gasteiger partial charge in [-0.25, -0.2) is 4.68 Å². The number of hydrogen-bond donors (Lipinski definition) is 1. The lowest BCUT2D eigenvalue weighted by molar-refractivity contribution is -0.130. The molecule has 0 fully saturated rings. The molecule has 0 aliphatic rings. The highest BCUT2D eigenvalue weighted by molar-refractivity contribution is 5.78. The molecule has 0 aliphatic heterocycles. The molecule has 124 valence electrons. The van der Waals surface area contributed by atoms with Gasteiger partial charge in [0.15, 0.2) is 0 Å². The molecule has 0 aliphatic carbocycles. The number of nitrogens with two attached hydrogens (primary N) is 1. The fourth-order valence-electron chi connectivity index (χ4n) is 2.41. The van der Waals surface area contributed by atoms with Gasteiger partial charge in [0.05, 0.1) is 23.5 Å². The van der Waals surface area contributed by atoms with E-state index in [-0.39, 0.29) is 17.7 Å². The molecule has 6 nitrogen and oxygen atoms in total. The number of para-hydroxylation sites is 1. The van der Waals surface area contributed by atoms with Gasteiger partial charge in [-0.15, -0.1) is 5.10 Å². The molecule has 23 heavy (non-hydrogen) atoms. The summed E-state index contributed by atoms with van der Waals surface area (Å²) in [4.78, 5) is 14.1. The molecule has 2 aromatic rings. The van der Waals surface area contributed by atoms with Crippen molar-refractivity contribution in [3.63, 3.8) is 0 Å². The smallest absolute Gasteiger partial charge is 0.228 e. The lowest BCUT2D eigenvalue weighted by Crippen LogP contribution is -2.40. The molecule has 2 N–H and O–H groups in total. The lowest BCUT2D eigenvalue weighted by Gasteiger charge is -2.29. The SMILES string of the molecule is Cc1c(CC(=O)N(C)CC(C)(C)CN)nnn1-c1ccccc1. The first-order valence-corrected chi connectivity index (χ1v) is 7.75. The van der Waals surface area contributed by atoms with Gasteiger partial charge in [-0.3, -0.25) is 4.79 Å². The molecule has 1 amide bonds. The van der Waals surface area contributed by atoms with Crippen LogP contribution in [0.2, 0.25) is 0 Å². The lowest BCUT2D eigenvalue weighted by atomic mass is 9.93. The third kappa shape index (κ3) is 4.16. The van der Waals surface area contributed by atoms with Crippen LogP contribution in [0, 0.1) is 12.3 Å². The van der Waals surface area contributed by atoms with E-state index in [0.717, 1.165) is 11.4 Å². The van der Waals surface area contributed by atoms with Crippen LogP contribution < -0.4 is 5.73 Å². The Bertz CT molecular complexity index is 663. The maximum absolute atomic E-state index is 12.4. The van der Waals surface area contributed by atoms with Gasteiger partial charge in [0.1, 0.15) is 0 Å². The monoisotopic (exact) mass is 315 g/mol. The minimum absolute atomic E-state index is 0.0229. The number of likely N-dealkylation sites (N-methyl/N-ethyl adjacent to an activating group) is 1. The quantitative estimate of drug-likeness (QED) is 0.877. The molecule has 0 spiro atoms. The number of carbonyl (C=O) groups excluding carboxylic acids is 1. The van der Waals surface area contributed by atoms with Crippen molar-refractivity contribution in [3.8, 4) is 5.69 Å². The van der Waals surface area contributed by atoms with Crippen molar-refractivity contribution >= 4 is 5.91 Å². The summed E-state index contributed by atoms with van der Waals surface area (Å²) in [5, 5.41) is 8.34. The van der Waals surface area contributed by atoms with Gasteiger partial charge in [0.25, 0.3) is 0 Å². The van der Waals surface area contributed by atoms with Crippen molar-refractivity contribution in [1.82, 2.24) is 19.9 Å². The van der Waals surface area contributed by atoms with E-state index in [9.17, 15) is 4.79 Å². The predicted molar refractivity (Wildman–Crippen MR) is 90.3 cm³/mol. The normalized spacial score (nSPS) is 11.5. The average Bonchev–Trinajstić information content (AvgIpc) is 2.88. The van der Waals surface area contributed by atoms with Crippen molar-refractivity contribution in [2.75, 3.05) is 20.1 Å². The molecule has 0 unspecified atom stereocenters. The van der Waals surface area contributed by atoms with E-state index in [0.29, 0.717) is 18.8 Å². The van der Waals surface area contributed by atoms with Crippen molar-refractivity contribution < 1.29 is 4.79 Å². The van der Waals surface area contributed by atoms with E-state index in [1.807, 2.05) is 51.1 Å². The van der Waals surface area contributed by atoms with Crippen LogP contribution in [0.25, 0.3) is 5.69 Å². The topological polar surface area (TPSA) is 77.0 Å². The number of benzene rings is 1. The summed E-state index contributed by atoms with van der Waals surface area (Å²) in [6.45, 7) is 7.18. The Kier molecular flexibility index (Phi) is 5.15. The number of amides is 1. The zero-order valence-electron chi connectivity index (χ0n) is 14.3. The minimum Gasteiger partial charge on any atom is -0.345 e. The number of carbonyl (C=O) groups is 1. The second-order valence-electron chi connectivity index (χ2n) is 6.66. The Morgan fingerprint density at radius 1 is 1.30 bits per heavy atom. The van der Waals surface area contributed by atoms with Crippen molar-refractivity contribution in [2.24, 2.45) is 11.1 Å². The Hall–Kier alpha value is -2.21. The Morgan fingerprint density at radius 2 is 1.96 bits per heavy atom. The molecule has 1 aromatic carbocycles. The van der Waals surface area contributed by atoms with Gasteiger partial charge < -0.3 is 10.6 Å². The fraction of sp³-hybridized carbons (Fsp3) is 0.471. The Morgan fingerprint density at radius 3 is 2.57 bits per heavy atom. The van der Waals surface area contributed by atoms with Gasteiger partial charge in [-0.1, -0.05) is 37.3 Å². The molecule has 6 heteroatoms. The van der Waals surface area contributed by atoms with E-state index in [4.69, 9.17) is 5.73 Å². The molecular weight excluding hydrogens is 290 g/mol. The van der Waals surface area contributed by atoms with Crippen molar-refractivity contribution in [2.45, 2.75) is 27.2 Å². The Balaban J connectivity index is 2.09. The maximum atomic E-state index is 12.4. The number of nitrogens with zero attached hydrogens (tertiary/aromatic N) is 4. The highest BCUT2D eigenvalue weighted by Gasteiger charge is 2.22. The Labute approximate surface area is 137 Å². The molecule has 1 heterocycles. The van der Waals surface area contributed by atoms with Gasteiger partial charge in [-0.2, -0.15) is 0 Å². The summed E-state index contributed by atoms with van der Waals surface area (Å²) in [5.74, 6) is 0.0229. The van der Waals surface area contributed by atoms with Crippen LogP contribution in [0.3, 0.4) is 0 Å². The van der Waals surface area contributed by atoms with Crippen LogP contribution in [0.5, 0.6) is 0 Å². The van der Waals surface area contributed by atoms with Crippen LogP contribution in [0.15, 0.2) is 30.3 Å². The summed E-state index contributed by atoms with van der Waals surface area (Å²) < 4.78 is 1.76. The molecule has 1 aromatic heterocycles. The largest absolute Gasteiger partial charge is 0.345 e. The van der Waals surface area contributed by atoms with Crippen LogP contribution in [-0.4, -0.2) is 45.9 Å². The molecule has 0 radical (unpaired) electrons. The molecule has 0 saturated heterocycles. The van der Waals surface area contributed by atoms with E-state index < -0.39 is 0 Å². The molecule has 2 rings (SSSR count). The second-order valence-corrected chi connectivity index (χ2v) is 6.66. The zero-order chi connectivity index (χ0) is 17.0. The summed E-state index contributed by atoms with van der Waals surface area (Å²) in [6, 6.07) is 9.77. The summed E-state index contributed by atoms with van der Waals surface area (Å²) in [7, 11) is 1.80. The van der Waals surface area contributed by atoms with E-state index in [1.165, 1.54) is 0 Å². The van der Waals surface area contributed by atoms with Crippen molar-refractivity contribution in [1.29, 1.82) is 0 Å². The van der Waals surface area contributed by atoms with Crippen LogP contribution in [-0.2, 0) is 11.2 Å². The van der Waals surface area contributed by atoms with Gasteiger partial charge in [0.2, 0.25) is 5.91 Å². The molecular formula is C17H25N5O. The average molecular weight is 315 g/mol. The zero-order valence-corrected chi connectivity index (χ0v) is 14.3. The summed E-state index contributed by atoms with van der Waals surface area (Å²) in [5.41, 5.74) is 8.17. The van der Waals surface area contributed by atoms with Crippen LogP contribution in [0.1, 0.15) is 25.2 Å². The highest BCUT2D eigenvalue weighted by atomic mass is 16.2. The minimum atomic E-state index is -0.0961. The van der Waals surface area contributed by atoms with Gasteiger partial charge in [-0.05, 0) is 31.0 Å². The third-order valence-electron chi connectivity index (χ3n) is 3.95. The van der Waals surface area contributed by atoms with Gasteiger partial charge in [0, 0.05) is 13.6 Å². The molecule has 0 bridgehead atoms. The van der Waals surface area contributed by atoms with Gasteiger partial charge >= 0.3 is 0 Å². The standard InChI is InChI=1S/C17H25N5O/c1-13-15(10-16(23)21(4)12-17(2,3)11-18)19-20-22(13)14-8-6-5-7-9-14/h5-9H,10-12,18H2,1-4H3. The van der Waals surface area contributed by atoms with Crippen LogP contribution >= 0.6 is 0 Å². The maximum Gasteiger partial charge on any atom is 0.228 e. The first-order valence-electron chi connectivity index (χ1n) is 7.75. The third-order valence-corrected chi connectivity index (χ3v) is 3.95. The number of aromatic nitrogens is 3. The van der Waals surface area contributed by atoms with E-state index >= 15 is 0 Å². The predicted octanol–water partition coefficient (Wildman–Crippen LogP) is 1.56. The molecule has 0 atom stereocenters. The summed E-state index contributed by atoms with van der Waals surface area (Å²) in [6.07, 6.45) is 0.246. The first kappa shape index (κ1) is 17.1. The highest BCUT2D eigenvalue weighted by Crippen LogP contribution is 2.16. The van der Waals surface area contributed by atoms with Crippen molar-refractivity contribution in [3.05, 3.63) is 41.7 Å².